The van der Waals surface area contributed by atoms with E-state index in [1.807, 2.05) is 38.2 Å². The summed E-state index contributed by atoms with van der Waals surface area (Å²) in [6.45, 7) is 3.82. The second-order valence-corrected chi connectivity index (χ2v) is 4.56. The van der Waals surface area contributed by atoms with Crippen LogP contribution in [0.25, 0.3) is 11.0 Å². The number of aromatic nitrogens is 2. The second kappa shape index (κ2) is 6.38. The molecule has 1 heterocycles. The fourth-order valence-corrected chi connectivity index (χ4v) is 2.26. The molecule has 0 aliphatic rings. The Morgan fingerprint density at radius 2 is 1.80 bits per heavy atom. The van der Waals surface area contributed by atoms with Gasteiger partial charge in [0.1, 0.15) is 6.54 Å². The van der Waals surface area contributed by atoms with Crippen molar-refractivity contribution in [2.45, 2.75) is 20.0 Å². The highest BCUT2D eigenvalue weighted by Gasteiger charge is 2.13. The van der Waals surface area contributed by atoms with Crippen LogP contribution in [0.2, 0.25) is 0 Å². The van der Waals surface area contributed by atoms with Crippen LogP contribution in [0.5, 0.6) is 0 Å². The van der Waals surface area contributed by atoms with E-state index >= 15 is 0 Å². The van der Waals surface area contributed by atoms with Crippen LogP contribution < -0.4 is 16.3 Å². The lowest BCUT2D eigenvalue weighted by Gasteiger charge is -2.05. The van der Waals surface area contributed by atoms with E-state index in [1.54, 1.807) is 4.57 Å². The van der Waals surface area contributed by atoms with E-state index < -0.39 is 0 Å². The molecule has 2 rings (SSSR count). The van der Waals surface area contributed by atoms with E-state index in [0.717, 1.165) is 11.0 Å². The topological polar surface area (TPSA) is 68.1 Å². The Hall–Kier alpha value is -2.08. The summed E-state index contributed by atoms with van der Waals surface area (Å²) in [5.41, 5.74) is 1.52. The predicted molar refractivity (Wildman–Crippen MR) is 78.8 cm³/mol. The molecule has 2 aromatic rings. The van der Waals surface area contributed by atoms with E-state index in [0.29, 0.717) is 19.6 Å². The highest BCUT2D eigenvalue weighted by atomic mass is 16.2. The van der Waals surface area contributed by atoms with Gasteiger partial charge < -0.3 is 10.6 Å². The SMILES string of the molecule is CCn1c(=O)n(CC(=O)NCCNC)c2ccccc21. The lowest BCUT2D eigenvalue weighted by Crippen LogP contribution is -2.35. The van der Waals surface area contributed by atoms with E-state index in [4.69, 9.17) is 0 Å². The number of rotatable bonds is 6. The Kier molecular flexibility index (Phi) is 4.57. The number of likely N-dealkylation sites (N-methyl/N-ethyl adjacent to an activating group) is 1. The van der Waals surface area contributed by atoms with Crippen molar-refractivity contribution in [3.05, 3.63) is 34.7 Å². The highest BCUT2D eigenvalue weighted by Crippen LogP contribution is 2.12. The molecule has 1 aromatic carbocycles. The molecule has 0 radical (unpaired) electrons. The van der Waals surface area contributed by atoms with Gasteiger partial charge >= 0.3 is 5.69 Å². The van der Waals surface area contributed by atoms with Crippen LogP contribution in [-0.2, 0) is 17.9 Å². The number of carbonyl (C=O) groups excluding carboxylic acids is 1. The van der Waals surface area contributed by atoms with Crippen molar-refractivity contribution in [3.63, 3.8) is 0 Å². The zero-order valence-electron chi connectivity index (χ0n) is 11.8. The summed E-state index contributed by atoms with van der Waals surface area (Å²) in [6.07, 6.45) is 0. The van der Waals surface area contributed by atoms with E-state index in [9.17, 15) is 9.59 Å². The number of amides is 1. The van der Waals surface area contributed by atoms with E-state index in [-0.39, 0.29) is 18.1 Å². The molecule has 2 N–H and O–H groups in total. The first kappa shape index (κ1) is 14.3. The molecule has 20 heavy (non-hydrogen) atoms. The molecule has 0 aliphatic heterocycles. The highest BCUT2D eigenvalue weighted by molar-refractivity contribution is 5.80. The quantitative estimate of drug-likeness (QED) is 0.739. The summed E-state index contributed by atoms with van der Waals surface area (Å²) in [5, 5.41) is 5.73. The maximum absolute atomic E-state index is 12.3. The Morgan fingerprint density at radius 1 is 1.15 bits per heavy atom. The number of aryl methyl sites for hydroxylation is 1. The smallest absolute Gasteiger partial charge is 0.329 e. The number of nitrogens with one attached hydrogen (secondary N) is 2. The van der Waals surface area contributed by atoms with Crippen molar-refractivity contribution in [2.24, 2.45) is 0 Å². The molecule has 0 atom stereocenters. The third-order valence-corrected chi connectivity index (χ3v) is 3.24. The number of imidazole rings is 1. The molecule has 6 heteroatoms. The van der Waals surface area contributed by atoms with Gasteiger partial charge in [-0.25, -0.2) is 4.79 Å². The van der Waals surface area contributed by atoms with E-state index in [2.05, 4.69) is 10.6 Å². The second-order valence-electron chi connectivity index (χ2n) is 4.56. The predicted octanol–water partition coefficient (Wildman–Crippen LogP) is 0.159. The van der Waals surface area contributed by atoms with Crippen LogP contribution >= 0.6 is 0 Å². The lowest BCUT2D eigenvalue weighted by molar-refractivity contribution is -0.121. The first-order valence-electron chi connectivity index (χ1n) is 6.78. The summed E-state index contributed by atoms with van der Waals surface area (Å²) in [6, 6.07) is 7.53. The molecule has 108 valence electrons. The van der Waals surface area contributed by atoms with Gasteiger partial charge in [0.25, 0.3) is 0 Å². The van der Waals surface area contributed by atoms with Crippen molar-refractivity contribution < 1.29 is 4.79 Å². The van der Waals surface area contributed by atoms with Crippen molar-refractivity contribution >= 4 is 16.9 Å². The number of para-hydroxylation sites is 2. The van der Waals surface area contributed by atoms with Crippen LogP contribution in [0.15, 0.2) is 29.1 Å². The van der Waals surface area contributed by atoms with Crippen LogP contribution in [0, 0.1) is 0 Å². The summed E-state index contributed by atoms with van der Waals surface area (Å²) < 4.78 is 3.20. The van der Waals surface area contributed by atoms with Gasteiger partial charge in [-0.15, -0.1) is 0 Å². The number of hydrogen-bond acceptors (Lipinski definition) is 3. The summed E-state index contributed by atoms with van der Waals surface area (Å²) >= 11 is 0. The molecule has 0 saturated carbocycles. The fourth-order valence-electron chi connectivity index (χ4n) is 2.26. The molecule has 0 aliphatic carbocycles. The van der Waals surface area contributed by atoms with Crippen molar-refractivity contribution in [3.8, 4) is 0 Å². The van der Waals surface area contributed by atoms with Gasteiger partial charge in [-0.05, 0) is 26.1 Å². The normalized spacial score (nSPS) is 10.9. The molecule has 0 saturated heterocycles. The third-order valence-electron chi connectivity index (χ3n) is 3.24. The molecule has 0 bridgehead atoms. The summed E-state index contributed by atoms with van der Waals surface area (Å²) in [5.74, 6) is -0.152. The first-order chi connectivity index (χ1) is 9.69. The van der Waals surface area contributed by atoms with Gasteiger partial charge in [-0.2, -0.15) is 0 Å². The maximum Gasteiger partial charge on any atom is 0.329 e. The van der Waals surface area contributed by atoms with Crippen LogP contribution in [0.1, 0.15) is 6.92 Å². The van der Waals surface area contributed by atoms with Crippen molar-refractivity contribution in [1.29, 1.82) is 0 Å². The molecule has 6 nitrogen and oxygen atoms in total. The van der Waals surface area contributed by atoms with Crippen LogP contribution in [0.3, 0.4) is 0 Å². The Balaban J connectivity index is 2.28. The van der Waals surface area contributed by atoms with Gasteiger partial charge in [0.05, 0.1) is 11.0 Å². The Morgan fingerprint density at radius 3 is 2.40 bits per heavy atom. The lowest BCUT2D eigenvalue weighted by atomic mass is 10.3. The van der Waals surface area contributed by atoms with Crippen LogP contribution in [0.4, 0.5) is 0 Å². The number of benzene rings is 1. The number of nitrogens with zero attached hydrogens (tertiary/aromatic N) is 2. The average molecular weight is 276 g/mol. The molecule has 1 amide bonds. The zero-order chi connectivity index (χ0) is 14.5. The van der Waals surface area contributed by atoms with Gasteiger partial charge in [0.2, 0.25) is 5.91 Å². The van der Waals surface area contributed by atoms with Gasteiger partial charge in [0, 0.05) is 19.6 Å². The molecular formula is C14H20N4O2. The van der Waals surface area contributed by atoms with Gasteiger partial charge in [0.15, 0.2) is 0 Å². The maximum atomic E-state index is 12.3. The minimum atomic E-state index is -0.152. The van der Waals surface area contributed by atoms with Gasteiger partial charge in [-0.1, -0.05) is 12.1 Å². The molecule has 0 unspecified atom stereocenters. The third kappa shape index (κ3) is 2.75. The zero-order valence-corrected chi connectivity index (χ0v) is 11.8. The van der Waals surface area contributed by atoms with E-state index in [1.165, 1.54) is 4.57 Å². The molecule has 0 fully saturated rings. The molecular weight excluding hydrogens is 256 g/mol. The standard InChI is InChI=1S/C14H20N4O2/c1-3-17-11-6-4-5-7-12(11)18(14(17)20)10-13(19)16-9-8-15-2/h4-7,15H,3,8-10H2,1-2H3,(H,16,19). The monoisotopic (exact) mass is 276 g/mol. The minimum absolute atomic E-state index is 0.0516. The number of carbonyl (C=O) groups is 1. The Bertz CT molecular complexity index is 657. The largest absolute Gasteiger partial charge is 0.353 e. The Labute approximate surface area is 117 Å². The van der Waals surface area contributed by atoms with Crippen LogP contribution in [-0.4, -0.2) is 35.2 Å². The number of fused-ring (bicyclic) bond motifs is 1. The molecule has 0 spiro atoms. The minimum Gasteiger partial charge on any atom is -0.353 e. The number of hydrogen-bond donors (Lipinski definition) is 2. The van der Waals surface area contributed by atoms with Crippen molar-refractivity contribution in [2.75, 3.05) is 20.1 Å². The van der Waals surface area contributed by atoms with Gasteiger partial charge in [-0.3, -0.25) is 13.9 Å². The van der Waals surface area contributed by atoms with Crippen molar-refractivity contribution in [1.82, 2.24) is 19.8 Å². The summed E-state index contributed by atoms with van der Waals surface area (Å²) in [7, 11) is 1.82. The summed E-state index contributed by atoms with van der Waals surface area (Å²) in [4.78, 5) is 24.2. The fraction of sp³-hybridized carbons (Fsp3) is 0.429. The first-order valence-corrected chi connectivity index (χ1v) is 6.78. The molecule has 1 aromatic heterocycles. The average Bonchev–Trinajstić information content (AvgIpc) is 2.72.